The van der Waals surface area contributed by atoms with Crippen molar-refractivity contribution in [3.05, 3.63) is 94.5 Å². The lowest BCUT2D eigenvalue weighted by Crippen LogP contribution is -2.14. The van der Waals surface area contributed by atoms with Crippen molar-refractivity contribution in [2.45, 2.75) is 34.6 Å². The number of anilines is 3. The van der Waals surface area contributed by atoms with Crippen molar-refractivity contribution in [2.24, 2.45) is 0 Å². The summed E-state index contributed by atoms with van der Waals surface area (Å²) in [6.07, 6.45) is 0. The summed E-state index contributed by atoms with van der Waals surface area (Å²) >= 11 is 0. The third kappa shape index (κ3) is 4.13. The zero-order chi connectivity index (χ0) is 24.6. The zero-order valence-corrected chi connectivity index (χ0v) is 20.0. The van der Waals surface area contributed by atoms with Crippen LogP contribution in [-0.2, 0) is 0 Å². The summed E-state index contributed by atoms with van der Waals surface area (Å²) in [6.45, 7) is 9.38. The molecule has 0 spiro atoms. The van der Waals surface area contributed by atoms with Crippen LogP contribution in [0.1, 0.15) is 27.8 Å². The predicted molar refractivity (Wildman–Crippen MR) is 136 cm³/mol. The molecule has 0 saturated carbocycles. The average Bonchev–Trinajstić information content (AvgIpc) is 2.82. The standard InChI is InChI=1S/C29H29NO4/c1-17-9-11-19(3)28(32)26(17)30(27-18(2)10-12-20(4)29(27)33)22-13-15-23(16-14-22)34-25-8-6-7-24(31)21(25)5/h6-16,31-33H,1-5H3. The second-order valence-corrected chi connectivity index (χ2v) is 8.62. The van der Waals surface area contributed by atoms with Gasteiger partial charge < -0.3 is 25.0 Å². The summed E-state index contributed by atoms with van der Waals surface area (Å²) in [5.74, 6) is 1.68. The molecule has 5 heteroatoms. The van der Waals surface area contributed by atoms with Gasteiger partial charge in [-0.1, -0.05) is 30.3 Å². The number of aromatic hydroxyl groups is 3. The van der Waals surface area contributed by atoms with Gasteiger partial charge in [-0.2, -0.15) is 0 Å². The van der Waals surface area contributed by atoms with Gasteiger partial charge in [0.15, 0.2) is 0 Å². The summed E-state index contributed by atoms with van der Waals surface area (Å²) in [4.78, 5) is 1.89. The van der Waals surface area contributed by atoms with E-state index in [-0.39, 0.29) is 17.2 Å². The smallest absolute Gasteiger partial charge is 0.142 e. The predicted octanol–water partition coefficient (Wildman–Crippen LogP) is 7.61. The molecule has 0 atom stereocenters. The maximum Gasteiger partial charge on any atom is 0.142 e. The third-order valence-electron chi connectivity index (χ3n) is 6.13. The second-order valence-electron chi connectivity index (χ2n) is 8.62. The van der Waals surface area contributed by atoms with Gasteiger partial charge in [0.05, 0.1) is 11.4 Å². The molecule has 0 saturated heterocycles. The topological polar surface area (TPSA) is 73.2 Å². The Hall–Kier alpha value is -4.12. The second kappa shape index (κ2) is 9.02. The van der Waals surface area contributed by atoms with Crippen LogP contribution < -0.4 is 9.64 Å². The lowest BCUT2D eigenvalue weighted by Gasteiger charge is -2.30. The van der Waals surface area contributed by atoms with Gasteiger partial charge in [0.2, 0.25) is 0 Å². The molecule has 0 heterocycles. The highest BCUT2D eigenvalue weighted by atomic mass is 16.5. The first-order valence-electron chi connectivity index (χ1n) is 11.1. The largest absolute Gasteiger partial charge is 0.508 e. The molecule has 0 aliphatic rings. The van der Waals surface area contributed by atoms with Crippen LogP contribution in [0.2, 0.25) is 0 Å². The molecular formula is C29H29NO4. The van der Waals surface area contributed by atoms with E-state index in [9.17, 15) is 15.3 Å². The van der Waals surface area contributed by atoms with Gasteiger partial charge in [-0.25, -0.2) is 0 Å². The fraction of sp³-hybridized carbons (Fsp3) is 0.172. The number of rotatable bonds is 5. The number of ether oxygens (including phenoxy) is 1. The monoisotopic (exact) mass is 455 g/mol. The van der Waals surface area contributed by atoms with E-state index in [2.05, 4.69) is 0 Å². The number of phenolic OH excluding ortho intramolecular Hbond substituents is 3. The van der Waals surface area contributed by atoms with Crippen LogP contribution in [0.15, 0.2) is 66.7 Å². The first-order valence-corrected chi connectivity index (χ1v) is 11.1. The van der Waals surface area contributed by atoms with E-state index in [4.69, 9.17) is 4.74 Å². The molecule has 0 radical (unpaired) electrons. The molecule has 0 amide bonds. The van der Waals surface area contributed by atoms with E-state index in [1.807, 2.05) is 81.1 Å². The lowest BCUT2D eigenvalue weighted by atomic mass is 10.0. The maximum atomic E-state index is 11.1. The van der Waals surface area contributed by atoms with Crippen LogP contribution in [-0.4, -0.2) is 15.3 Å². The molecule has 5 nitrogen and oxygen atoms in total. The number of aryl methyl sites for hydroxylation is 4. The quantitative estimate of drug-likeness (QED) is 0.289. The Balaban J connectivity index is 1.85. The minimum Gasteiger partial charge on any atom is -0.508 e. The molecule has 0 aliphatic carbocycles. The Morgan fingerprint density at radius 2 is 1.09 bits per heavy atom. The van der Waals surface area contributed by atoms with Crippen LogP contribution in [0.4, 0.5) is 17.1 Å². The fourth-order valence-corrected chi connectivity index (χ4v) is 4.00. The van der Waals surface area contributed by atoms with E-state index in [0.29, 0.717) is 28.4 Å². The summed E-state index contributed by atoms with van der Waals surface area (Å²) in [6, 6.07) is 20.3. The molecule has 174 valence electrons. The summed E-state index contributed by atoms with van der Waals surface area (Å²) in [7, 11) is 0. The van der Waals surface area contributed by atoms with E-state index >= 15 is 0 Å². The molecule has 0 aliphatic heterocycles. The SMILES string of the molecule is Cc1ccc(C)c(N(c2ccc(Oc3cccc(O)c3C)cc2)c2c(C)ccc(C)c2O)c1O. The number of hydrogen-bond donors (Lipinski definition) is 3. The molecule has 0 unspecified atom stereocenters. The molecule has 0 aromatic heterocycles. The van der Waals surface area contributed by atoms with Crippen molar-refractivity contribution in [1.82, 2.24) is 0 Å². The Bertz CT molecular complexity index is 1300. The summed E-state index contributed by atoms with van der Waals surface area (Å²) in [5, 5.41) is 32.1. The average molecular weight is 456 g/mol. The highest BCUT2D eigenvalue weighted by molar-refractivity contribution is 5.87. The molecule has 34 heavy (non-hydrogen) atoms. The highest BCUT2D eigenvalue weighted by Gasteiger charge is 2.24. The van der Waals surface area contributed by atoms with E-state index in [1.54, 1.807) is 25.1 Å². The van der Waals surface area contributed by atoms with Crippen molar-refractivity contribution in [3.8, 4) is 28.7 Å². The Labute approximate surface area is 200 Å². The summed E-state index contributed by atoms with van der Waals surface area (Å²) in [5.41, 5.74) is 5.88. The zero-order valence-electron chi connectivity index (χ0n) is 20.0. The van der Waals surface area contributed by atoms with Crippen LogP contribution >= 0.6 is 0 Å². The maximum absolute atomic E-state index is 11.1. The number of nitrogens with zero attached hydrogens (tertiary/aromatic N) is 1. The van der Waals surface area contributed by atoms with Crippen molar-refractivity contribution in [2.75, 3.05) is 4.90 Å². The molecule has 0 fully saturated rings. The number of phenols is 3. The van der Waals surface area contributed by atoms with Gasteiger partial charge in [0.25, 0.3) is 0 Å². The molecule has 0 bridgehead atoms. The fourth-order valence-electron chi connectivity index (χ4n) is 4.00. The van der Waals surface area contributed by atoms with E-state index in [1.165, 1.54) is 0 Å². The van der Waals surface area contributed by atoms with Gasteiger partial charge >= 0.3 is 0 Å². The third-order valence-corrected chi connectivity index (χ3v) is 6.13. The highest BCUT2D eigenvalue weighted by Crippen LogP contribution is 2.48. The van der Waals surface area contributed by atoms with Crippen LogP contribution in [0.25, 0.3) is 0 Å². The van der Waals surface area contributed by atoms with Crippen molar-refractivity contribution >= 4 is 17.1 Å². The molecule has 4 rings (SSSR count). The van der Waals surface area contributed by atoms with Crippen molar-refractivity contribution in [3.63, 3.8) is 0 Å². The molecule has 3 N–H and O–H groups in total. The van der Waals surface area contributed by atoms with Crippen molar-refractivity contribution in [1.29, 1.82) is 0 Å². The van der Waals surface area contributed by atoms with Gasteiger partial charge in [-0.3, -0.25) is 0 Å². The van der Waals surface area contributed by atoms with Gasteiger partial charge in [-0.15, -0.1) is 0 Å². The Morgan fingerprint density at radius 3 is 1.62 bits per heavy atom. The Kier molecular flexibility index (Phi) is 6.12. The van der Waals surface area contributed by atoms with E-state index < -0.39 is 0 Å². The van der Waals surface area contributed by atoms with Gasteiger partial charge in [-0.05, 0) is 93.3 Å². The molecular weight excluding hydrogens is 426 g/mol. The molecule has 4 aromatic carbocycles. The van der Waals surface area contributed by atoms with Crippen molar-refractivity contribution < 1.29 is 20.1 Å². The van der Waals surface area contributed by atoms with Crippen LogP contribution in [0.5, 0.6) is 28.7 Å². The first-order chi connectivity index (χ1) is 16.2. The summed E-state index contributed by atoms with van der Waals surface area (Å²) < 4.78 is 5.99. The van der Waals surface area contributed by atoms with Crippen LogP contribution in [0, 0.1) is 34.6 Å². The van der Waals surface area contributed by atoms with Gasteiger partial charge in [0, 0.05) is 11.3 Å². The van der Waals surface area contributed by atoms with Gasteiger partial charge in [0.1, 0.15) is 28.7 Å². The normalized spacial score (nSPS) is 10.9. The van der Waals surface area contributed by atoms with Crippen LogP contribution in [0.3, 0.4) is 0 Å². The minimum atomic E-state index is 0.163. The number of hydrogen-bond acceptors (Lipinski definition) is 5. The number of benzene rings is 4. The Morgan fingerprint density at radius 1 is 0.588 bits per heavy atom. The lowest BCUT2D eigenvalue weighted by molar-refractivity contribution is 0.448. The van der Waals surface area contributed by atoms with E-state index in [0.717, 1.165) is 27.9 Å². The molecule has 4 aromatic rings. The minimum absolute atomic E-state index is 0.163. The first kappa shape index (κ1) is 23.1.